The number of rotatable bonds is 3. The molecule has 0 bridgehead atoms. The summed E-state index contributed by atoms with van der Waals surface area (Å²) >= 11 is 0. The van der Waals surface area contributed by atoms with Crippen molar-refractivity contribution in [2.24, 2.45) is 5.92 Å². The molecule has 1 aromatic rings. The summed E-state index contributed by atoms with van der Waals surface area (Å²) in [5, 5.41) is 0. The van der Waals surface area contributed by atoms with Gasteiger partial charge in [0.2, 0.25) is 5.91 Å². The largest absolute Gasteiger partial charge is 0.368 e. The quantitative estimate of drug-likeness (QED) is 0.746. The molecule has 0 N–H and O–H groups in total. The molecule has 1 aromatic carbocycles. The van der Waals surface area contributed by atoms with Crippen LogP contribution in [0.2, 0.25) is 0 Å². The Morgan fingerprint density at radius 1 is 0.897 bits per heavy atom. The topological polar surface area (TPSA) is 70.2 Å². The van der Waals surface area contributed by atoms with Gasteiger partial charge in [0.1, 0.15) is 6.10 Å². The fourth-order valence-electron chi connectivity index (χ4n) is 3.99. The number of benzene rings is 1. The molecule has 1 atom stereocenters. The third-order valence-corrected chi connectivity index (χ3v) is 5.79. The van der Waals surface area contributed by atoms with Crippen LogP contribution in [-0.4, -0.2) is 84.4 Å². The van der Waals surface area contributed by atoms with Crippen LogP contribution in [0.4, 0.5) is 8.78 Å². The van der Waals surface area contributed by atoms with Crippen LogP contribution in [0.5, 0.6) is 0 Å². The second kappa shape index (κ2) is 8.06. The van der Waals surface area contributed by atoms with Crippen LogP contribution in [-0.2, 0) is 14.3 Å². The van der Waals surface area contributed by atoms with Crippen LogP contribution in [0.1, 0.15) is 23.2 Å². The number of likely N-dealkylation sites (tertiary alicyclic amines) is 1. The predicted octanol–water partition coefficient (Wildman–Crippen LogP) is 0.887. The van der Waals surface area contributed by atoms with Gasteiger partial charge in [0, 0.05) is 51.4 Å². The zero-order valence-electron chi connectivity index (χ0n) is 16.0. The SMILES string of the molecule is O=C(c1ccc(F)c(F)c1)N1CC(C(=O)N2CCN(C(=O)C3CCCO3)CC2)C1. The Balaban J connectivity index is 1.25. The van der Waals surface area contributed by atoms with Crippen molar-refractivity contribution in [3.63, 3.8) is 0 Å². The van der Waals surface area contributed by atoms with Gasteiger partial charge in [0.15, 0.2) is 11.6 Å². The van der Waals surface area contributed by atoms with Crippen LogP contribution in [0, 0.1) is 17.6 Å². The monoisotopic (exact) mass is 407 g/mol. The summed E-state index contributed by atoms with van der Waals surface area (Å²) in [5.74, 6) is -2.83. The molecule has 9 heteroatoms. The van der Waals surface area contributed by atoms with Crippen LogP contribution in [0.15, 0.2) is 18.2 Å². The molecule has 0 aliphatic carbocycles. The van der Waals surface area contributed by atoms with Gasteiger partial charge in [0.05, 0.1) is 5.92 Å². The first kappa shape index (κ1) is 19.8. The lowest BCUT2D eigenvalue weighted by atomic mass is 9.96. The number of ether oxygens (including phenoxy) is 1. The highest BCUT2D eigenvalue weighted by Crippen LogP contribution is 2.23. The first-order valence-electron chi connectivity index (χ1n) is 9.87. The number of carbonyl (C=O) groups is 3. The Kier molecular flexibility index (Phi) is 5.49. The minimum absolute atomic E-state index is 0.00143. The van der Waals surface area contributed by atoms with E-state index in [9.17, 15) is 23.2 Å². The van der Waals surface area contributed by atoms with Gasteiger partial charge < -0.3 is 19.4 Å². The van der Waals surface area contributed by atoms with Crippen molar-refractivity contribution in [2.45, 2.75) is 18.9 Å². The number of carbonyl (C=O) groups excluding carboxylic acids is 3. The first-order valence-corrected chi connectivity index (χ1v) is 9.87. The maximum absolute atomic E-state index is 13.3. The molecule has 3 aliphatic heterocycles. The van der Waals surface area contributed by atoms with E-state index in [1.165, 1.54) is 11.0 Å². The molecule has 1 unspecified atom stereocenters. The van der Waals surface area contributed by atoms with Gasteiger partial charge in [0.25, 0.3) is 11.8 Å². The van der Waals surface area contributed by atoms with Crippen LogP contribution < -0.4 is 0 Å². The third kappa shape index (κ3) is 3.96. The molecule has 0 spiro atoms. The van der Waals surface area contributed by atoms with Crippen LogP contribution in [0.3, 0.4) is 0 Å². The van der Waals surface area contributed by atoms with E-state index < -0.39 is 17.5 Å². The number of piperazine rings is 1. The Morgan fingerprint density at radius 3 is 2.14 bits per heavy atom. The Morgan fingerprint density at radius 2 is 1.55 bits per heavy atom. The summed E-state index contributed by atoms with van der Waals surface area (Å²) in [7, 11) is 0. The Hall–Kier alpha value is -2.55. The molecule has 0 saturated carbocycles. The molecular weight excluding hydrogens is 384 g/mol. The lowest BCUT2D eigenvalue weighted by Gasteiger charge is -2.43. The van der Waals surface area contributed by atoms with E-state index in [4.69, 9.17) is 4.74 Å². The minimum Gasteiger partial charge on any atom is -0.368 e. The molecule has 3 heterocycles. The van der Waals surface area contributed by atoms with Crippen LogP contribution in [0.25, 0.3) is 0 Å². The average molecular weight is 407 g/mol. The molecule has 0 aromatic heterocycles. The fraction of sp³-hybridized carbons (Fsp3) is 0.550. The number of hydrogen-bond donors (Lipinski definition) is 0. The predicted molar refractivity (Wildman–Crippen MR) is 97.9 cm³/mol. The molecular formula is C20H23F2N3O4. The van der Waals surface area contributed by atoms with Gasteiger partial charge >= 0.3 is 0 Å². The Bertz CT molecular complexity index is 814. The smallest absolute Gasteiger partial charge is 0.254 e. The molecule has 4 rings (SSSR count). The summed E-state index contributed by atoms with van der Waals surface area (Å²) in [6.07, 6.45) is 1.30. The van der Waals surface area contributed by atoms with Gasteiger partial charge in [-0.05, 0) is 31.0 Å². The maximum atomic E-state index is 13.3. The van der Waals surface area contributed by atoms with Crippen molar-refractivity contribution >= 4 is 17.7 Å². The zero-order valence-corrected chi connectivity index (χ0v) is 16.0. The van der Waals surface area contributed by atoms with E-state index in [2.05, 4.69) is 0 Å². The highest BCUT2D eigenvalue weighted by atomic mass is 19.2. The number of nitrogens with zero attached hydrogens (tertiary/aromatic N) is 3. The summed E-state index contributed by atoms with van der Waals surface area (Å²) in [5.41, 5.74) is 0.0658. The molecule has 3 amide bonds. The van der Waals surface area contributed by atoms with E-state index in [0.29, 0.717) is 32.8 Å². The molecule has 156 valence electrons. The summed E-state index contributed by atoms with van der Waals surface area (Å²) in [6, 6.07) is 3.03. The van der Waals surface area contributed by atoms with Gasteiger partial charge in [-0.1, -0.05) is 0 Å². The molecule has 0 radical (unpaired) electrons. The van der Waals surface area contributed by atoms with Crippen molar-refractivity contribution in [1.82, 2.24) is 14.7 Å². The highest BCUT2D eigenvalue weighted by molar-refractivity contribution is 5.96. The van der Waals surface area contributed by atoms with E-state index >= 15 is 0 Å². The lowest BCUT2D eigenvalue weighted by Crippen LogP contribution is -2.60. The van der Waals surface area contributed by atoms with Gasteiger partial charge in [-0.15, -0.1) is 0 Å². The van der Waals surface area contributed by atoms with E-state index in [1.54, 1.807) is 9.80 Å². The van der Waals surface area contributed by atoms with Gasteiger partial charge in [-0.3, -0.25) is 14.4 Å². The molecule has 3 aliphatic rings. The van der Waals surface area contributed by atoms with Crippen molar-refractivity contribution in [1.29, 1.82) is 0 Å². The highest BCUT2D eigenvalue weighted by Gasteiger charge is 2.39. The second-order valence-corrected chi connectivity index (χ2v) is 7.69. The number of hydrogen-bond acceptors (Lipinski definition) is 4. The van der Waals surface area contributed by atoms with Crippen molar-refractivity contribution < 1.29 is 27.9 Å². The normalized spacial score (nSPS) is 22.6. The Labute approximate surface area is 167 Å². The maximum Gasteiger partial charge on any atom is 0.254 e. The molecule has 29 heavy (non-hydrogen) atoms. The van der Waals surface area contributed by atoms with Crippen molar-refractivity contribution in [2.75, 3.05) is 45.9 Å². The minimum atomic E-state index is -1.07. The van der Waals surface area contributed by atoms with E-state index in [-0.39, 0.29) is 42.5 Å². The second-order valence-electron chi connectivity index (χ2n) is 7.69. The number of halogens is 2. The summed E-state index contributed by atoms with van der Waals surface area (Å²) in [6.45, 7) is 3.02. The van der Waals surface area contributed by atoms with Gasteiger partial charge in [-0.2, -0.15) is 0 Å². The van der Waals surface area contributed by atoms with E-state index in [0.717, 1.165) is 25.0 Å². The lowest BCUT2D eigenvalue weighted by molar-refractivity contribution is -0.149. The number of amides is 3. The molecule has 3 fully saturated rings. The summed E-state index contributed by atoms with van der Waals surface area (Å²) in [4.78, 5) is 42.3. The first-order chi connectivity index (χ1) is 13.9. The fourth-order valence-corrected chi connectivity index (χ4v) is 3.99. The zero-order chi connectivity index (χ0) is 20.5. The van der Waals surface area contributed by atoms with Gasteiger partial charge in [-0.25, -0.2) is 8.78 Å². The van der Waals surface area contributed by atoms with E-state index in [1.807, 2.05) is 0 Å². The summed E-state index contributed by atoms with van der Waals surface area (Å²) < 4.78 is 31.8. The average Bonchev–Trinajstić information content (AvgIpc) is 3.23. The van der Waals surface area contributed by atoms with Crippen LogP contribution >= 0.6 is 0 Å². The van der Waals surface area contributed by atoms with Crippen molar-refractivity contribution in [3.05, 3.63) is 35.4 Å². The standard InChI is InChI=1S/C20H23F2N3O4/c21-15-4-3-13(10-16(15)22)18(26)25-11-14(12-25)19(27)23-5-7-24(8-6-23)20(28)17-2-1-9-29-17/h3-4,10,14,17H,1-2,5-9,11-12H2. The molecule has 3 saturated heterocycles. The molecule has 7 nitrogen and oxygen atoms in total. The van der Waals surface area contributed by atoms with Crippen molar-refractivity contribution in [3.8, 4) is 0 Å². The third-order valence-electron chi connectivity index (χ3n) is 5.79.